The number of sulfonamides is 1. The van der Waals surface area contributed by atoms with E-state index in [1.165, 1.54) is 11.3 Å². The lowest BCUT2D eigenvalue weighted by atomic mass is 10.3. The quantitative estimate of drug-likeness (QED) is 0.639. The fourth-order valence-electron chi connectivity index (χ4n) is 1.74. The van der Waals surface area contributed by atoms with Gasteiger partial charge in [0.25, 0.3) is 0 Å². The molecule has 0 fully saturated rings. The Morgan fingerprint density at radius 2 is 2.29 bits per heavy atom. The molecule has 2 rings (SSSR count). The van der Waals surface area contributed by atoms with E-state index in [1.807, 2.05) is 6.92 Å². The van der Waals surface area contributed by atoms with Crippen molar-refractivity contribution in [1.29, 1.82) is 0 Å². The summed E-state index contributed by atoms with van der Waals surface area (Å²) in [7, 11) is -3.50. The molecule has 0 aliphatic heterocycles. The minimum absolute atomic E-state index is 0.296. The lowest BCUT2D eigenvalue weighted by Crippen LogP contribution is -2.26. The summed E-state index contributed by atoms with van der Waals surface area (Å²) in [5.74, 6) is 0. The lowest BCUT2D eigenvalue weighted by molar-refractivity contribution is 0.581. The Morgan fingerprint density at radius 1 is 1.48 bits per heavy atom. The van der Waals surface area contributed by atoms with Gasteiger partial charge in [0.1, 0.15) is 4.90 Å². The van der Waals surface area contributed by atoms with Crippen LogP contribution in [0.4, 0.5) is 0 Å². The van der Waals surface area contributed by atoms with Gasteiger partial charge in [-0.1, -0.05) is 6.92 Å². The summed E-state index contributed by atoms with van der Waals surface area (Å²) in [5, 5.41) is 3.18. The fraction of sp³-hybridized carbons (Fsp3) is 0.417. The number of halogens is 1. The minimum atomic E-state index is -3.50. The zero-order valence-electron chi connectivity index (χ0n) is 11.5. The molecule has 0 spiro atoms. The van der Waals surface area contributed by atoms with Crippen LogP contribution >= 0.6 is 27.3 Å². The monoisotopic (exact) mass is 392 g/mol. The molecule has 0 aromatic carbocycles. The predicted octanol–water partition coefficient (Wildman–Crippen LogP) is 1.86. The van der Waals surface area contributed by atoms with Gasteiger partial charge in [-0.2, -0.15) is 0 Å². The van der Waals surface area contributed by atoms with Crippen LogP contribution in [0.1, 0.15) is 17.5 Å². The first-order valence-electron chi connectivity index (χ1n) is 6.48. The van der Waals surface area contributed by atoms with Crippen LogP contribution in [0.25, 0.3) is 0 Å². The molecular formula is C12H17BrN4O2S2. The smallest absolute Gasteiger partial charge is 0.242 e. The number of thiophene rings is 1. The van der Waals surface area contributed by atoms with Crippen LogP contribution in [0, 0.1) is 0 Å². The van der Waals surface area contributed by atoms with E-state index in [1.54, 1.807) is 18.6 Å². The van der Waals surface area contributed by atoms with E-state index in [0.29, 0.717) is 28.2 Å². The molecule has 116 valence electrons. The van der Waals surface area contributed by atoms with Crippen molar-refractivity contribution in [3.05, 3.63) is 32.9 Å². The molecular weight excluding hydrogens is 376 g/mol. The average molecular weight is 393 g/mol. The number of imidazole rings is 1. The number of nitrogens with zero attached hydrogens (tertiary/aromatic N) is 1. The van der Waals surface area contributed by atoms with Crippen LogP contribution in [0.3, 0.4) is 0 Å². The lowest BCUT2D eigenvalue weighted by Gasteiger charge is -2.04. The zero-order valence-corrected chi connectivity index (χ0v) is 14.7. The van der Waals surface area contributed by atoms with E-state index in [0.717, 1.165) is 17.1 Å². The molecule has 0 saturated carbocycles. The highest BCUT2D eigenvalue weighted by atomic mass is 79.9. The first-order valence-corrected chi connectivity index (χ1v) is 9.58. The predicted molar refractivity (Wildman–Crippen MR) is 86.9 cm³/mol. The summed E-state index contributed by atoms with van der Waals surface area (Å²) >= 11 is 4.76. The van der Waals surface area contributed by atoms with Gasteiger partial charge in [0, 0.05) is 36.3 Å². The third-order valence-corrected chi connectivity index (χ3v) is 6.50. The molecule has 0 aliphatic carbocycles. The first kappa shape index (κ1) is 16.6. The normalized spacial score (nSPS) is 11.9. The Kier molecular flexibility index (Phi) is 5.94. The number of nitrogens with one attached hydrogen (secondary N) is 3. The van der Waals surface area contributed by atoms with Gasteiger partial charge in [-0.3, -0.25) is 0 Å². The van der Waals surface area contributed by atoms with Crippen LogP contribution in [-0.2, 0) is 23.0 Å². The molecule has 6 nitrogen and oxygen atoms in total. The van der Waals surface area contributed by atoms with Crippen molar-refractivity contribution < 1.29 is 8.42 Å². The molecule has 2 aromatic rings. The molecule has 0 atom stereocenters. The highest BCUT2D eigenvalue weighted by Crippen LogP contribution is 2.31. The van der Waals surface area contributed by atoms with E-state index >= 15 is 0 Å². The molecule has 2 heterocycles. The van der Waals surface area contributed by atoms with E-state index in [2.05, 4.69) is 35.9 Å². The standard InChI is InChI=1S/C12H17BrN4O2S2/c1-2-14-7-10-5-11(12(13)20-10)21(18,19)17-4-3-9-6-15-8-16-9/h5-6,8,14,17H,2-4,7H2,1H3,(H,15,16). The SMILES string of the molecule is CCNCc1cc(S(=O)(=O)NCCc2cnc[nH]2)c(Br)s1. The highest BCUT2D eigenvalue weighted by molar-refractivity contribution is 9.11. The average Bonchev–Trinajstić information content (AvgIpc) is 3.06. The van der Waals surface area contributed by atoms with Crippen LogP contribution in [-0.4, -0.2) is 31.5 Å². The molecule has 0 saturated heterocycles. The summed E-state index contributed by atoms with van der Waals surface area (Å²) in [6.45, 7) is 3.86. The van der Waals surface area contributed by atoms with E-state index in [4.69, 9.17) is 0 Å². The number of aromatic nitrogens is 2. The van der Waals surface area contributed by atoms with E-state index < -0.39 is 10.0 Å². The van der Waals surface area contributed by atoms with Gasteiger partial charge in [-0.05, 0) is 28.5 Å². The van der Waals surface area contributed by atoms with Gasteiger partial charge in [-0.15, -0.1) is 11.3 Å². The van der Waals surface area contributed by atoms with E-state index in [-0.39, 0.29) is 0 Å². The molecule has 0 bridgehead atoms. The molecule has 3 N–H and O–H groups in total. The van der Waals surface area contributed by atoms with Crippen molar-refractivity contribution in [2.24, 2.45) is 0 Å². The molecule has 21 heavy (non-hydrogen) atoms. The summed E-state index contributed by atoms with van der Waals surface area (Å²) < 4.78 is 27.8. The van der Waals surface area contributed by atoms with Crippen molar-refractivity contribution in [1.82, 2.24) is 20.0 Å². The number of hydrogen-bond acceptors (Lipinski definition) is 5. The maximum absolute atomic E-state index is 12.3. The summed E-state index contributed by atoms with van der Waals surface area (Å²) in [6, 6.07) is 1.70. The van der Waals surface area contributed by atoms with Crippen LogP contribution in [0.5, 0.6) is 0 Å². The topological polar surface area (TPSA) is 86.9 Å². The molecule has 0 radical (unpaired) electrons. The summed E-state index contributed by atoms with van der Waals surface area (Å²) in [6.07, 6.45) is 3.83. The van der Waals surface area contributed by atoms with Gasteiger partial charge in [-0.25, -0.2) is 18.1 Å². The molecule has 0 aliphatic rings. The third kappa shape index (κ3) is 4.62. The van der Waals surface area contributed by atoms with Crippen molar-refractivity contribution in [2.45, 2.75) is 24.8 Å². The molecule has 0 amide bonds. The second kappa shape index (κ2) is 7.50. The maximum atomic E-state index is 12.3. The van der Waals surface area contributed by atoms with Crippen molar-refractivity contribution in [3.8, 4) is 0 Å². The second-order valence-corrected chi connectivity index (χ2v) is 8.55. The Balaban J connectivity index is 1.99. The van der Waals surface area contributed by atoms with Crippen molar-refractivity contribution in [3.63, 3.8) is 0 Å². The fourth-order valence-corrected chi connectivity index (χ4v) is 5.42. The van der Waals surface area contributed by atoms with E-state index in [9.17, 15) is 8.42 Å². The van der Waals surface area contributed by atoms with Gasteiger partial charge in [0.05, 0.1) is 10.1 Å². The van der Waals surface area contributed by atoms with Crippen molar-refractivity contribution >= 4 is 37.3 Å². The Bertz CT molecular complexity index is 667. The van der Waals surface area contributed by atoms with Crippen LogP contribution in [0.15, 0.2) is 27.3 Å². The Morgan fingerprint density at radius 3 is 2.95 bits per heavy atom. The Hall–Kier alpha value is -0.740. The Labute approximate surface area is 136 Å². The van der Waals surface area contributed by atoms with Gasteiger partial charge in [0.15, 0.2) is 0 Å². The minimum Gasteiger partial charge on any atom is -0.348 e. The van der Waals surface area contributed by atoms with Crippen molar-refractivity contribution in [2.75, 3.05) is 13.1 Å². The number of hydrogen-bond donors (Lipinski definition) is 3. The molecule has 9 heteroatoms. The highest BCUT2D eigenvalue weighted by Gasteiger charge is 2.20. The second-order valence-electron chi connectivity index (χ2n) is 4.36. The largest absolute Gasteiger partial charge is 0.348 e. The van der Waals surface area contributed by atoms with Gasteiger partial charge in [0.2, 0.25) is 10.0 Å². The first-order chi connectivity index (χ1) is 10.0. The molecule has 0 unspecified atom stereocenters. The molecule has 2 aromatic heterocycles. The van der Waals surface area contributed by atoms with Crippen LogP contribution in [0.2, 0.25) is 0 Å². The van der Waals surface area contributed by atoms with Gasteiger partial charge < -0.3 is 10.3 Å². The number of aromatic amines is 1. The number of rotatable bonds is 8. The third-order valence-electron chi connectivity index (χ3n) is 2.79. The van der Waals surface area contributed by atoms with Crippen LogP contribution < -0.4 is 10.0 Å². The number of H-pyrrole nitrogens is 1. The maximum Gasteiger partial charge on any atom is 0.242 e. The zero-order chi connectivity index (χ0) is 15.3. The summed E-state index contributed by atoms with van der Waals surface area (Å²) in [5.41, 5.74) is 0.898. The summed E-state index contributed by atoms with van der Waals surface area (Å²) in [4.78, 5) is 8.12. The van der Waals surface area contributed by atoms with Gasteiger partial charge >= 0.3 is 0 Å².